The maximum absolute atomic E-state index is 5.65. The summed E-state index contributed by atoms with van der Waals surface area (Å²) in [6.45, 7) is 9.64. The molecule has 1 aliphatic heterocycles. The summed E-state index contributed by atoms with van der Waals surface area (Å²) in [7, 11) is 2.16. The largest absolute Gasteiger partial charge is 0.374 e. The lowest BCUT2D eigenvalue weighted by molar-refractivity contribution is -0.0180. The van der Waals surface area contributed by atoms with Gasteiger partial charge in [0.1, 0.15) is 0 Å². The summed E-state index contributed by atoms with van der Waals surface area (Å²) >= 11 is 0. The first-order chi connectivity index (χ1) is 6.68. The highest BCUT2D eigenvalue weighted by Crippen LogP contribution is 2.02. The molecule has 1 saturated heterocycles. The second-order valence-corrected chi connectivity index (χ2v) is 4.64. The van der Waals surface area contributed by atoms with E-state index in [0.717, 1.165) is 38.7 Å². The molecule has 1 N–H and O–H groups in total. The standard InChI is InChI=1S/C11H24N2O/c1-10(2)4-5-12-8-11-9-13(3)6-7-14-11/h10-12H,4-9H2,1-3H3/t11-/m1/s1. The molecule has 0 radical (unpaired) electrons. The molecule has 0 aromatic rings. The van der Waals surface area contributed by atoms with Gasteiger partial charge < -0.3 is 15.0 Å². The molecule has 0 unspecified atom stereocenters. The minimum Gasteiger partial charge on any atom is -0.374 e. The van der Waals surface area contributed by atoms with Crippen molar-refractivity contribution in [3.8, 4) is 0 Å². The number of rotatable bonds is 5. The molecular weight excluding hydrogens is 176 g/mol. The van der Waals surface area contributed by atoms with Gasteiger partial charge in [-0.25, -0.2) is 0 Å². The zero-order valence-electron chi connectivity index (χ0n) is 9.75. The molecular formula is C11H24N2O. The van der Waals surface area contributed by atoms with Crippen LogP contribution in [0.15, 0.2) is 0 Å². The molecule has 1 heterocycles. The molecule has 1 fully saturated rings. The molecule has 84 valence electrons. The zero-order chi connectivity index (χ0) is 10.4. The Morgan fingerprint density at radius 2 is 2.29 bits per heavy atom. The Bertz CT molecular complexity index is 150. The van der Waals surface area contributed by atoms with Crippen molar-refractivity contribution in [1.82, 2.24) is 10.2 Å². The first kappa shape index (κ1) is 12.0. The van der Waals surface area contributed by atoms with Crippen molar-refractivity contribution in [1.29, 1.82) is 0 Å². The Morgan fingerprint density at radius 3 is 2.93 bits per heavy atom. The normalized spacial score (nSPS) is 24.4. The fourth-order valence-electron chi connectivity index (χ4n) is 1.64. The summed E-state index contributed by atoms with van der Waals surface area (Å²) in [5, 5.41) is 3.46. The summed E-state index contributed by atoms with van der Waals surface area (Å²) in [6, 6.07) is 0. The van der Waals surface area contributed by atoms with E-state index in [1.807, 2.05) is 0 Å². The summed E-state index contributed by atoms with van der Waals surface area (Å²) in [5.41, 5.74) is 0. The fraction of sp³-hybridized carbons (Fsp3) is 1.00. The average Bonchev–Trinajstić information content (AvgIpc) is 2.12. The van der Waals surface area contributed by atoms with Crippen LogP contribution < -0.4 is 5.32 Å². The highest BCUT2D eigenvalue weighted by Gasteiger charge is 2.16. The van der Waals surface area contributed by atoms with Crippen molar-refractivity contribution in [2.24, 2.45) is 5.92 Å². The summed E-state index contributed by atoms with van der Waals surface area (Å²) < 4.78 is 5.65. The van der Waals surface area contributed by atoms with Crippen LogP contribution in [-0.4, -0.2) is 50.8 Å². The van der Waals surface area contributed by atoms with E-state index in [-0.39, 0.29) is 0 Å². The van der Waals surface area contributed by atoms with Gasteiger partial charge in [-0.3, -0.25) is 0 Å². The summed E-state index contributed by atoms with van der Waals surface area (Å²) in [6.07, 6.45) is 1.64. The van der Waals surface area contributed by atoms with Crippen LogP contribution >= 0.6 is 0 Å². The number of likely N-dealkylation sites (N-methyl/N-ethyl adjacent to an activating group) is 1. The van der Waals surface area contributed by atoms with Gasteiger partial charge in [-0.05, 0) is 25.9 Å². The van der Waals surface area contributed by atoms with Crippen molar-refractivity contribution in [2.45, 2.75) is 26.4 Å². The zero-order valence-corrected chi connectivity index (χ0v) is 9.75. The van der Waals surface area contributed by atoms with Crippen molar-refractivity contribution < 1.29 is 4.74 Å². The average molecular weight is 200 g/mol. The summed E-state index contributed by atoms with van der Waals surface area (Å²) in [4.78, 5) is 2.33. The van der Waals surface area contributed by atoms with Crippen LogP contribution in [0.25, 0.3) is 0 Å². The van der Waals surface area contributed by atoms with E-state index in [1.165, 1.54) is 6.42 Å². The van der Waals surface area contributed by atoms with Gasteiger partial charge in [0.15, 0.2) is 0 Å². The second-order valence-electron chi connectivity index (χ2n) is 4.64. The molecule has 0 spiro atoms. The minimum absolute atomic E-state index is 0.390. The molecule has 0 bridgehead atoms. The lowest BCUT2D eigenvalue weighted by Crippen LogP contribution is -2.45. The van der Waals surface area contributed by atoms with Crippen molar-refractivity contribution in [2.75, 3.05) is 39.8 Å². The lowest BCUT2D eigenvalue weighted by Gasteiger charge is -2.30. The minimum atomic E-state index is 0.390. The Kier molecular flexibility index (Phi) is 5.45. The molecule has 0 saturated carbocycles. The van der Waals surface area contributed by atoms with Crippen molar-refractivity contribution in [3.05, 3.63) is 0 Å². The third-order valence-corrected chi connectivity index (χ3v) is 2.61. The van der Waals surface area contributed by atoms with Crippen molar-refractivity contribution in [3.63, 3.8) is 0 Å². The molecule has 0 aliphatic carbocycles. The maximum Gasteiger partial charge on any atom is 0.0826 e. The van der Waals surface area contributed by atoms with Crippen LogP contribution in [0.4, 0.5) is 0 Å². The van der Waals surface area contributed by atoms with E-state index in [9.17, 15) is 0 Å². The van der Waals surface area contributed by atoms with E-state index in [0.29, 0.717) is 6.10 Å². The highest BCUT2D eigenvalue weighted by atomic mass is 16.5. The Hall–Kier alpha value is -0.120. The molecule has 0 amide bonds. The smallest absolute Gasteiger partial charge is 0.0826 e. The SMILES string of the molecule is CC(C)CCNC[C@@H]1CN(C)CCO1. The maximum atomic E-state index is 5.65. The van der Waals surface area contributed by atoms with Crippen LogP contribution in [-0.2, 0) is 4.74 Å². The predicted octanol–water partition coefficient (Wildman–Crippen LogP) is 0.953. The van der Waals surface area contributed by atoms with Crippen LogP contribution in [0.1, 0.15) is 20.3 Å². The van der Waals surface area contributed by atoms with Gasteiger partial charge in [-0.15, -0.1) is 0 Å². The van der Waals surface area contributed by atoms with Gasteiger partial charge in [0.2, 0.25) is 0 Å². The van der Waals surface area contributed by atoms with E-state index < -0.39 is 0 Å². The molecule has 1 rings (SSSR count). The van der Waals surface area contributed by atoms with Gasteiger partial charge in [0.25, 0.3) is 0 Å². The van der Waals surface area contributed by atoms with E-state index >= 15 is 0 Å². The number of hydrogen-bond acceptors (Lipinski definition) is 3. The molecule has 3 heteroatoms. The number of hydrogen-bond donors (Lipinski definition) is 1. The molecule has 0 aromatic heterocycles. The van der Waals surface area contributed by atoms with Gasteiger partial charge in [-0.1, -0.05) is 13.8 Å². The van der Waals surface area contributed by atoms with Crippen LogP contribution in [0.2, 0.25) is 0 Å². The molecule has 0 aromatic carbocycles. The van der Waals surface area contributed by atoms with Crippen LogP contribution in [0, 0.1) is 5.92 Å². The third kappa shape index (κ3) is 4.94. The van der Waals surface area contributed by atoms with Gasteiger partial charge >= 0.3 is 0 Å². The predicted molar refractivity (Wildman–Crippen MR) is 59.6 cm³/mol. The number of nitrogens with one attached hydrogen (secondary N) is 1. The third-order valence-electron chi connectivity index (χ3n) is 2.61. The van der Waals surface area contributed by atoms with Crippen molar-refractivity contribution >= 4 is 0 Å². The second kappa shape index (κ2) is 6.38. The van der Waals surface area contributed by atoms with Gasteiger partial charge in [0.05, 0.1) is 12.7 Å². The molecule has 1 atom stereocenters. The first-order valence-electron chi connectivity index (χ1n) is 5.69. The van der Waals surface area contributed by atoms with Crippen LogP contribution in [0.3, 0.4) is 0 Å². The van der Waals surface area contributed by atoms with Crippen LogP contribution in [0.5, 0.6) is 0 Å². The summed E-state index contributed by atoms with van der Waals surface area (Å²) in [5.74, 6) is 0.789. The number of morpholine rings is 1. The lowest BCUT2D eigenvalue weighted by atomic mass is 10.1. The quantitative estimate of drug-likeness (QED) is 0.669. The van der Waals surface area contributed by atoms with Gasteiger partial charge in [0, 0.05) is 19.6 Å². The Labute approximate surface area is 87.8 Å². The molecule has 1 aliphatic rings. The Morgan fingerprint density at radius 1 is 1.50 bits per heavy atom. The monoisotopic (exact) mass is 200 g/mol. The highest BCUT2D eigenvalue weighted by molar-refractivity contribution is 4.70. The fourth-order valence-corrected chi connectivity index (χ4v) is 1.64. The first-order valence-corrected chi connectivity index (χ1v) is 5.69. The topological polar surface area (TPSA) is 24.5 Å². The number of nitrogens with zero attached hydrogens (tertiary/aromatic N) is 1. The van der Waals surface area contributed by atoms with Gasteiger partial charge in [-0.2, -0.15) is 0 Å². The van der Waals surface area contributed by atoms with E-state index in [4.69, 9.17) is 4.74 Å². The van der Waals surface area contributed by atoms with E-state index in [1.54, 1.807) is 0 Å². The van der Waals surface area contributed by atoms with E-state index in [2.05, 4.69) is 31.1 Å². The number of ether oxygens (including phenoxy) is 1. The Balaban J connectivity index is 2.00. The molecule has 3 nitrogen and oxygen atoms in total. The molecule has 14 heavy (non-hydrogen) atoms.